The van der Waals surface area contributed by atoms with Gasteiger partial charge in [0.05, 0.1) is 30.8 Å². The average Bonchev–Trinajstić information content (AvgIpc) is 2.97. The lowest BCUT2D eigenvalue weighted by Gasteiger charge is -2.15. The number of nitrogens with zero attached hydrogens (tertiary/aromatic N) is 3. The van der Waals surface area contributed by atoms with E-state index in [4.69, 9.17) is 20.9 Å². The quantitative estimate of drug-likeness (QED) is 0.181. The van der Waals surface area contributed by atoms with Crippen LogP contribution in [0.3, 0.4) is 0 Å². The number of fused-ring (bicyclic) bond motifs is 1. The van der Waals surface area contributed by atoms with E-state index in [1.165, 1.54) is 37.4 Å². The van der Waals surface area contributed by atoms with Gasteiger partial charge in [0.15, 0.2) is 11.6 Å². The Bertz CT molecular complexity index is 1720. The molecule has 2 aromatic carbocycles. The van der Waals surface area contributed by atoms with E-state index in [1.54, 1.807) is 0 Å². The van der Waals surface area contributed by atoms with Gasteiger partial charge in [-0.1, -0.05) is 12.1 Å². The van der Waals surface area contributed by atoms with Crippen molar-refractivity contribution in [2.45, 2.75) is 26.4 Å². The first-order chi connectivity index (χ1) is 20.8. The number of aromatic nitrogens is 3. The summed E-state index contributed by atoms with van der Waals surface area (Å²) < 4.78 is 105. The maximum atomic E-state index is 15.4. The predicted molar refractivity (Wildman–Crippen MR) is 159 cm³/mol. The van der Waals surface area contributed by atoms with Gasteiger partial charge < -0.3 is 20.9 Å². The van der Waals surface area contributed by atoms with Gasteiger partial charge in [0.2, 0.25) is 10.0 Å². The highest BCUT2D eigenvalue weighted by Crippen LogP contribution is 2.40. The van der Waals surface area contributed by atoms with Crippen molar-refractivity contribution in [2.24, 2.45) is 0 Å². The summed E-state index contributed by atoms with van der Waals surface area (Å²) in [5.41, 5.74) is 9.78. The number of benzene rings is 2. The van der Waals surface area contributed by atoms with Crippen LogP contribution in [0.2, 0.25) is 0 Å². The van der Waals surface area contributed by atoms with E-state index in [1.807, 2.05) is 13.8 Å². The summed E-state index contributed by atoms with van der Waals surface area (Å²) in [4.78, 5) is 11.9. The number of hydrogen-bond acceptors (Lipinski definition) is 9. The van der Waals surface area contributed by atoms with Gasteiger partial charge in [-0.25, -0.2) is 27.8 Å². The standard InChI is InChI=1S/C24H21F5N6O3S.C4H10O/c1-38-18-9-12(13-4-2-5-17(20(13)26)35-39(36,37)7-3-6-25)8-14-21(18)33-23(34-22(14)31)15-11-32-19(30)10-16(15)24(27,28)29;1-3-5-4-2/h2,4-5,8-11,35H,3,6-7H2,1H3,(H2,30,32)(H2,31,33,34);3-4H2,1-2H3. The van der Waals surface area contributed by atoms with Crippen molar-refractivity contribution in [3.8, 4) is 28.3 Å². The minimum atomic E-state index is -4.79. The molecule has 44 heavy (non-hydrogen) atoms. The van der Waals surface area contributed by atoms with Crippen molar-refractivity contribution in [3.05, 3.63) is 54.0 Å². The fourth-order valence-electron chi connectivity index (χ4n) is 4.04. The van der Waals surface area contributed by atoms with E-state index in [9.17, 15) is 26.0 Å². The number of pyridine rings is 1. The van der Waals surface area contributed by atoms with Crippen LogP contribution in [0, 0.1) is 5.82 Å². The highest BCUT2D eigenvalue weighted by molar-refractivity contribution is 7.92. The molecule has 4 aromatic rings. The molecule has 0 atom stereocenters. The van der Waals surface area contributed by atoms with E-state index in [0.717, 1.165) is 19.4 Å². The van der Waals surface area contributed by atoms with Crippen LogP contribution in [0.15, 0.2) is 42.6 Å². The Hall–Kier alpha value is -4.31. The Labute approximate surface area is 250 Å². The molecule has 0 unspecified atom stereocenters. The summed E-state index contributed by atoms with van der Waals surface area (Å²) in [5, 5.41) is 0.137. The number of nitrogen functional groups attached to an aromatic ring is 2. The molecule has 5 N–H and O–H groups in total. The third-order valence-electron chi connectivity index (χ3n) is 6.02. The summed E-state index contributed by atoms with van der Waals surface area (Å²) in [7, 11) is -2.74. The van der Waals surface area contributed by atoms with Crippen molar-refractivity contribution >= 4 is 38.2 Å². The monoisotopic (exact) mass is 642 g/mol. The lowest BCUT2D eigenvalue weighted by atomic mass is 10.0. The summed E-state index contributed by atoms with van der Waals surface area (Å²) >= 11 is 0. The number of sulfonamides is 1. The smallest absolute Gasteiger partial charge is 0.417 e. The zero-order valence-corrected chi connectivity index (χ0v) is 24.8. The molecular weight excluding hydrogens is 611 g/mol. The third kappa shape index (κ3) is 8.19. The molecule has 10 nitrogen and oxygen atoms in total. The van der Waals surface area contributed by atoms with E-state index < -0.39 is 45.6 Å². The van der Waals surface area contributed by atoms with Gasteiger partial charge >= 0.3 is 6.18 Å². The molecule has 0 saturated heterocycles. The number of methoxy groups -OCH3 is 1. The number of halogens is 5. The molecule has 0 spiro atoms. The van der Waals surface area contributed by atoms with E-state index in [0.29, 0.717) is 6.07 Å². The van der Waals surface area contributed by atoms with Crippen molar-refractivity contribution in [2.75, 3.05) is 48.9 Å². The van der Waals surface area contributed by atoms with Gasteiger partial charge in [-0.05, 0) is 50.1 Å². The lowest BCUT2D eigenvalue weighted by Crippen LogP contribution is -2.18. The molecule has 16 heteroatoms. The second kappa shape index (κ2) is 14.4. The number of nitrogens with one attached hydrogen (secondary N) is 1. The second-order valence-corrected chi connectivity index (χ2v) is 10.9. The molecule has 2 heterocycles. The number of rotatable bonds is 10. The summed E-state index contributed by atoms with van der Waals surface area (Å²) in [6.07, 6.45) is -4.16. The summed E-state index contributed by atoms with van der Waals surface area (Å²) in [5.74, 6) is -2.40. The number of hydrogen-bond donors (Lipinski definition) is 3. The molecule has 0 fully saturated rings. The average molecular weight is 643 g/mol. The molecule has 0 saturated carbocycles. The fraction of sp³-hybridized carbons (Fsp3) is 0.321. The highest BCUT2D eigenvalue weighted by Gasteiger charge is 2.35. The number of anilines is 3. The van der Waals surface area contributed by atoms with Gasteiger partial charge in [-0.3, -0.25) is 9.11 Å². The molecule has 0 radical (unpaired) electrons. The van der Waals surface area contributed by atoms with Crippen LogP contribution < -0.4 is 20.9 Å². The minimum absolute atomic E-state index is 0.0307. The summed E-state index contributed by atoms with van der Waals surface area (Å²) in [6.45, 7) is 4.82. The van der Waals surface area contributed by atoms with Crippen LogP contribution in [0.4, 0.5) is 39.3 Å². The first-order valence-corrected chi connectivity index (χ1v) is 14.8. The predicted octanol–water partition coefficient (Wildman–Crippen LogP) is 5.83. The lowest BCUT2D eigenvalue weighted by molar-refractivity contribution is -0.137. The molecule has 0 aliphatic heterocycles. The van der Waals surface area contributed by atoms with Gasteiger partial charge in [0.1, 0.15) is 22.9 Å². The van der Waals surface area contributed by atoms with Crippen LogP contribution in [0.1, 0.15) is 25.8 Å². The number of alkyl halides is 4. The van der Waals surface area contributed by atoms with Crippen molar-refractivity contribution in [1.82, 2.24) is 15.0 Å². The van der Waals surface area contributed by atoms with Crippen molar-refractivity contribution in [3.63, 3.8) is 0 Å². The van der Waals surface area contributed by atoms with Crippen molar-refractivity contribution < 1.29 is 39.8 Å². The highest BCUT2D eigenvalue weighted by atomic mass is 32.2. The maximum Gasteiger partial charge on any atom is 0.417 e. The SMILES string of the molecule is CCOCC.COc1cc(-c2cccc(NS(=O)(=O)CCCF)c2F)cc2c(N)nc(-c3cnc(N)cc3C(F)(F)F)nc12. The second-order valence-electron chi connectivity index (χ2n) is 9.07. The van der Waals surface area contributed by atoms with E-state index in [-0.39, 0.29) is 57.3 Å². The largest absolute Gasteiger partial charge is 0.494 e. The Morgan fingerprint density at radius 1 is 1.02 bits per heavy atom. The van der Waals surface area contributed by atoms with Crippen molar-refractivity contribution in [1.29, 1.82) is 0 Å². The number of nitrogens with two attached hydrogens (primary N) is 2. The Morgan fingerprint density at radius 3 is 2.32 bits per heavy atom. The molecule has 238 valence electrons. The zero-order valence-electron chi connectivity index (χ0n) is 24.0. The maximum absolute atomic E-state index is 15.4. The van der Waals surface area contributed by atoms with Gasteiger partial charge in [-0.15, -0.1) is 0 Å². The third-order valence-corrected chi connectivity index (χ3v) is 7.37. The minimum Gasteiger partial charge on any atom is -0.494 e. The molecule has 0 bridgehead atoms. The van der Waals surface area contributed by atoms with Crippen LogP contribution in [-0.2, 0) is 20.9 Å². The molecular formula is C28H31F5N6O4S. The van der Waals surface area contributed by atoms with E-state index in [2.05, 4.69) is 19.7 Å². The Balaban J connectivity index is 0.000000978. The fourth-order valence-corrected chi connectivity index (χ4v) is 5.12. The molecule has 0 amide bonds. The van der Waals surface area contributed by atoms with E-state index >= 15 is 4.39 Å². The van der Waals surface area contributed by atoms with Gasteiger partial charge in [0, 0.05) is 35.9 Å². The van der Waals surface area contributed by atoms with Crippen LogP contribution in [0.5, 0.6) is 5.75 Å². The van der Waals surface area contributed by atoms with Crippen LogP contribution >= 0.6 is 0 Å². The first kappa shape index (κ1) is 34.2. The molecule has 2 aromatic heterocycles. The molecule has 0 aliphatic carbocycles. The Kier molecular flexibility index (Phi) is 11.2. The molecule has 4 rings (SSSR count). The first-order valence-electron chi connectivity index (χ1n) is 13.2. The molecule has 0 aliphatic rings. The number of ether oxygens (including phenoxy) is 2. The van der Waals surface area contributed by atoms with Gasteiger partial charge in [0.25, 0.3) is 0 Å². The zero-order chi connectivity index (χ0) is 32.7. The normalized spacial score (nSPS) is 11.6. The van der Waals surface area contributed by atoms with Gasteiger partial charge in [-0.2, -0.15) is 13.2 Å². The Morgan fingerprint density at radius 2 is 1.73 bits per heavy atom. The summed E-state index contributed by atoms with van der Waals surface area (Å²) in [6, 6.07) is 7.38. The van der Waals surface area contributed by atoms with Crippen LogP contribution in [-0.4, -0.2) is 56.1 Å². The van der Waals surface area contributed by atoms with Crippen LogP contribution in [0.25, 0.3) is 33.4 Å². The topological polar surface area (TPSA) is 155 Å².